The lowest BCUT2D eigenvalue weighted by Gasteiger charge is -2.32. The fourth-order valence-corrected chi connectivity index (χ4v) is 3.07. The molecule has 0 spiro atoms. The van der Waals surface area contributed by atoms with Crippen LogP contribution < -0.4 is 16.4 Å². The minimum atomic E-state index is -1.40. The Balaban J connectivity index is 2.21. The van der Waals surface area contributed by atoms with Crippen molar-refractivity contribution in [1.82, 2.24) is 15.6 Å². The minimum Gasteiger partial charge on any atom is -0.431 e. The molecule has 0 radical (unpaired) electrons. The highest BCUT2D eigenvalue weighted by atomic mass is 16.5. The van der Waals surface area contributed by atoms with Gasteiger partial charge in [-0.25, -0.2) is 0 Å². The van der Waals surface area contributed by atoms with Gasteiger partial charge in [-0.15, -0.1) is 0 Å². The monoisotopic (exact) mass is 420 g/mol. The van der Waals surface area contributed by atoms with Crippen molar-refractivity contribution in [2.24, 2.45) is 0 Å². The largest absolute Gasteiger partial charge is 0.431 e. The molecule has 10 heteroatoms. The third-order valence-corrected chi connectivity index (χ3v) is 4.57. The Morgan fingerprint density at radius 3 is 2.40 bits per heavy atom. The summed E-state index contributed by atoms with van der Waals surface area (Å²) in [5.41, 5.74) is 6.20. The molecule has 0 aliphatic carbocycles. The molecule has 2 aromatic rings. The third-order valence-electron chi connectivity index (χ3n) is 4.57. The molecule has 0 fully saturated rings. The highest BCUT2D eigenvalue weighted by molar-refractivity contribution is 5.92. The fraction of sp³-hybridized carbons (Fsp3) is 0.450. The lowest BCUT2D eigenvalue weighted by atomic mass is 9.92. The molecule has 0 unspecified atom stereocenters. The number of rotatable bonds is 11. The number of benzene rings is 1. The lowest BCUT2D eigenvalue weighted by molar-refractivity contribution is -0.121. The maximum Gasteiger partial charge on any atom is 0.292 e. The van der Waals surface area contributed by atoms with Gasteiger partial charge >= 0.3 is 0 Å². The number of nitrogens with one attached hydrogen (secondary N) is 2. The van der Waals surface area contributed by atoms with Crippen LogP contribution in [0.4, 0.5) is 6.01 Å². The molecule has 0 bridgehead atoms. The predicted octanol–water partition coefficient (Wildman–Crippen LogP) is -0.139. The van der Waals surface area contributed by atoms with Crippen molar-refractivity contribution in [2.75, 3.05) is 19.5 Å². The molecule has 0 saturated heterocycles. The maximum absolute atomic E-state index is 12.5. The summed E-state index contributed by atoms with van der Waals surface area (Å²) in [5, 5.41) is 26.9. The van der Waals surface area contributed by atoms with Crippen LogP contribution in [-0.4, -0.2) is 65.0 Å². The van der Waals surface area contributed by atoms with Gasteiger partial charge < -0.3 is 35.7 Å². The van der Waals surface area contributed by atoms with E-state index in [0.717, 1.165) is 11.8 Å². The van der Waals surface area contributed by atoms with Crippen LogP contribution in [0.5, 0.6) is 0 Å². The van der Waals surface area contributed by atoms with Gasteiger partial charge in [-0.05, 0) is 18.4 Å². The van der Waals surface area contributed by atoms with E-state index >= 15 is 0 Å². The summed E-state index contributed by atoms with van der Waals surface area (Å²) in [4.78, 5) is 27.8. The SMILES string of the molecule is COCC[C@@H](NC(C)=O)[C@@H](O)[C@H](O)[C@H](Cc1ccccc1)NC(=O)c1coc(N)n1. The lowest BCUT2D eigenvalue weighted by Crippen LogP contribution is -2.56. The van der Waals surface area contributed by atoms with E-state index in [-0.39, 0.29) is 37.1 Å². The highest BCUT2D eigenvalue weighted by Crippen LogP contribution is 2.14. The first-order valence-electron chi connectivity index (χ1n) is 9.49. The first-order valence-corrected chi connectivity index (χ1v) is 9.49. The molecule has 0 aliphatic heterocycles. The number of amides is 2. The molecule has 2 amide bonds. The normalized spacial score (nSPS) is 15.1. The Bertz CT molecular complexity index is 813. The van der Waals surface area contributed by atoms with Crippen LogP contribution in [0.15, 0.2) is 41.0 Å². The number of nitrogens with zero attached hydrogens (tertiary/aromatic N) is 1. The van der Waals surface area contributed by atoms with Crippen LogP contribution in [0, 0.1) is 0 Å². The molecule has 4 atom stereocenters. The van der Waals surface area contributed by atoms with Crippen molar-refractivity contribution in [1.29, 1.82) is 0 Å². The van der Waals surface area contributed by atoms with Gasteiger partial charge in [0.2, 0.25) is 5.91 Å². The summed E-state index contributed by atoms with van der Waals surface area (Å²) in [6.45, 7) is 1.58. The first kappa shape index (κ1) is 23.3. The Kier molecular flexibility index (Phi) is 8.78. The van der Waals surface area contributed by atoms with E-state index in [1.54, 1.807) is 0 Å². The van der Waals surface area contributed by atoms with Gasteiger partial charge in [0.05, 0.1) is 12.1 Å². The summed E-state index contributed by atoms with van der Waals surface area (Å²) in [7, 11) is 1.50. The van der Waals surface area contributed by atoms with Crippen molar-refractivity contribution >= 4 is 17.8 Å². The maximum atomic E-state index is 12.5. The van der Waals surface area contributed by atoms with Gasteiger partial charge in [-0.1, -0.05) is 30.3 Å². The van der Waals surface area contributed by atoms with Crippen molar-refractivity contribution in [3.63, 3.8) is 0 Å². The number of oxazole rings is 1. The van der Waals surface area contributed by atoms with Crippen molar-refractivity contribution in [3.05, 3.63) is 47.9 Å². The molecule has 1 heterocycles. The summed E-state index contributed by atoms with van der Waals surface area (Å²) < 4.78 is 9.87. The van der Waals surface area contributed by atoms with Crippen LogP contribution in [0.25, 0.3) is 0 Å². The Morgan fingerprint density at radius 1 is 1.17 bits per heavy atom. The molecular formula is C20H28N4O6. The van der Waals surface area contributed by atoms with Gasteiger partial charge in [0.1, 0.15) is 18.5 Å². The number of hydrogen-bond acceptors (Lipinski definition) is 8. The number of anilines is 1. The van der Waals surface area contributed by atoms with E-state index in [2.05, 4.69) is 15.6 Å². The minimum absolute atomic E-state index is 0.0509. The van der Waals surface area contributed by atoms with Crippen LogP contribution in [0.1, 0.15) is 29.4 Å². The number of nitrogens with two attached hydrogens (primary N) is 1. The summed E-state index contributed by atoms with van der Waals surface area (Å²) in [5.74, 6) is -0.973. The number of nitrogen functional groups attached to an aromatic ring is 1. The summed E-state index contributed by atoms with van der Waals surface area (Å²) in [6.07, 6.45) is -1.14. The predicted molar refractivity (Wildman–Crippen MR) is 108 cm³/mol. The zero-order valence-corrected chi connectivity index (χ0v) is 16.9. The molecule has 1 aromatic carbocycles. The molecule has 0 aliphatic rings. The van der Waals surface area contributed by atoms with Gasteiger partial charge in [0, 0.05) is 20.6 Å². The molecule has 6 N–H and O–H groups in total. The smallest absolute Gasteiger partial charge is 0.292 e. The van der Waals surface area contributed by atoms with Gasteiger partial charge in [-0.3, -0.25) is 9.59 Å². The van der Waals surface area contributed by atoms with Gasteiger partial charge in [0.25, 0.3) is 11.9 Å². The number of carbonyl (C=O) groups is 2. The summed E-state index contributed by atoms with van der Waals surface area (Å²) >= 11 is 0. The molecular weight excluding hydrogens is 392 g/mol. The van der Waals surface area contributed by atoms with Gasteiger partial charge in [-0.2, -0.15) is 4.98 Å². The highest BCUT2D eigenvalue weighted by Gasteiger charge is 2.34. The Morgan fingerprint density at radius 2 is 1.83 bits per heavy atom. The topological polar surface area (TPSA) is 160 Å². The molecule has 0 saturated carbocycles. The average molecular weight is 420 g/mol. The molecule has 2 rings (SSSR count). The second-order valence-corrected chi connectivity index (χ2v) is 6.91. The number of aliphatic hydroxyl groups is 2. The van der Waals surface area contributed by atoms with Crippen LogP contribution in [0.2, 0.25) is 0 Å². The Labute approximate surface area is 174 Å². The molecule has 10 nitrogen and oxygen atoms in total. The standard InChI is InChI=1S/C20H28N4O6/c1-12(25)22-14(8-9-29-2)17(26)18(27)15(10-13-6-4-3-5-7-13)23-19(28)16-11-30-20(21)24-16/h3-7,11,14-15,17-18,26-27H,8-10H2,1-2H3,(H2,21,24)(H,22,25)(H,23,28)/t14-,15+,17-,18-/m1/s1. The van der Waals surface area contributed by atoms with E-state index in [0.29, 0.717) is 0 Å². The molecule has 30 heavy (non-hydrogen) atoms. The average Bonchev–Trinajstić information content (AvgIpc) is 3.16. The second-order valence-electron chi connectivity index (χ2n) is 6.91. The van der Waals surface area contributed by atoms with E-state index in [9.17, 15) is 19.8 Å². The van der Waals surface area contributed by atoms with E-state index < -0.39 is 30.2 Å². The van der Waals surface area contributed by atoms with Crippen molar-refractivity contribution in [3.8, 4) is 0 Å². The fourth-order valence-electron chi connectivity index (χ4n) is 3.07. The van der Waals surface area contributed by atoms with Crippen LogP contribution in [-0.2, 0) is 16.0 Å². The zero-order valence-electron chi connectivity index (χ0n) is 16.9. The number of aliphatic hydroxyl groups excluding tert-OH is 2. The Hall–Kier alpha value is -2.95. The summed E-state index contributed by atoms with van der Waals surface area (Å²) in [6, 6.07) is 7.36. The molecule has 164 valence electrons. The van der Waals surface area contributed by atoms with E-state index in [1.807, 2.05) is 30.3 Å². The number of aromatic nitrogens is 1. The third kappa shape index (κ3) is 6.83. The molecule has 1 aromatic heterocycles. The zero-order chi connectivity index (χ0) is 22.1. The number of methoxy groups -OCH3 is 1. The number of carbonyl (C=O) groups excluding carboxylic acids is 2. The van der Waals surface area contributed by atoms with E-state index in [1.165, 1.54) is 14.0 Å². The van der Waals surface area contributed by atoms with Crippen LogP contribution in [0.3, 0.4) is 0 Å². The van der Waals surface area contributed by atoms with Crippen molar-refractivity contribution in [2.45, 2.75) is 44.1 Å². The van der Waals surface area contributed by atoms with Crippen molar-refractivity contribution < 1.29 is 29.0 Å². The number of ether oxygens (including phenoxy) is 1. The second kappa shape index (κ2) is 11.3. The van der Waals surface area contributed by atoms with Crippen LogP contribution >= 0.6 is 0 Å². The van der Waals surface area contributed by atoms with E-state index in [4.69, 9.17) is 14.9 Å². The number of hydrogen-bond donors (Lipinski definition) is 5. The first-order chi connectivity index (χ1) is 14.3. The quantitative estimate of drug-likeness (QED) is 0.336. The van der Waals surface area contributed by atoms with Gasteiger partial charge in [0.15, 0.2) is 5.69 Å².